The average Bonchev–Trinajstić information content (AvgIpc) is 3.01. The van der Waals surface area contributed by atoms with Gasteiger partial charge >= 0.3 is 0 Å². The highest BCUT2D eigenvalue weighted by molar-refractivity contribution is 5.76. The predicted octanol–water partition coefficient (Wildman–Crippen LogP) is 10.8. The molecule has 2 unspecified atom stereocenters. The molecule has 0 aromatic carbocycles. The van der Waals surface area contributed by atoms with Gasteiger partial charge in [-0.1, -0.05) is 152 Å². The number of carbonyl (C=O) groups is 1. The third-order valence-electron chi connectivity index (χ3n) is 8.03. The largest absolute Gasteiger partial charge is 0.394 e. The van der Waals surface area contributed by atoms with E-state index in [9.17, 15) is 15.0 Å². The van der Waals surface area contributed by atoms with Crippen molar-refractivity contribution in [2.45, 2.75) is 187 Å². The second-order valence-electron chi connectivity index (χ2n) is 12.3. The van der Waals surface area contributed by atoms with Crippen LogP contribution in [0, 0.1) is 0 Å². The zero-order chi connectivity index (χ0) is 31.5. The Kier molecular flexibility index (Phi) is 33.5. The highest BCUT2D eigenvalue weighted by atomic mass is 16.3. The van der Waals surface area contributed by atoms with Crippen molar-refractivity contribution in [2.24, 2.45) is 0 Å². The van der Waals surface area contributed by atoms with Gasteiger partial charge in [-0.15, -0.1) is 0 Å². The van der Waals surface area contributed by atoms with E-state index >= 15 is 0 Å². The number of carbonyl (C=O) groups excluding carboxylic acids is 1. The molecule has 4 nitrogen and oxygen atoms in total. The monoisotopic (exact) mass is 602 g/mol. The minimum Gasteiger partial charge on any atom is -0.394 e. The van der Waals surface area contributed by atoms with E-state index in [2.05, 4.69) is 55.6 Å². The number of aliphatic hydroxyl groups is 2. The van der Waals surface area contributed by atoms with E-state index in [1.807, 2.05) is 6.08 Å². The first-order chi connectivity index (χ1) is 21.2. The van der Waals surface area contributed by atoms with Crippen molar-refractivity contribution in [3.8, 4) is 0 Å². The Hall–Kier alpha value is -1.65. The molecule has 0 bridgehead atoms. The molecule has 0 aliphatic heterocycles. The average molecular weight is 602 g/mol. The van der Waals surface area contributed by atoms with Crippen LogP contribution in [0.5, 0.6) is 0 Å². The minimum atomic E-state index is -0.866. The number of unbranched alkanes of at least 4 members (excludes halogenated alkanes) is 19. The van der Waals surface area contributed by atoms with Gasteiger partial charge in [-0.25, -0.2) is 0 Å². The maximum Gasteiger partial charge on any atom is 0.220 e. The molecule has 0 spiro atoms. The van der Waals surface area contributed by atoms with Crippen LogP contribution in [0.3, 0.4) is 0 Å². The lowest BCUT2D eigenvalue weighted by Crippen LogP contribution is -2.45. The van der Waals surface area contributed by atoms with Crippen LogP contribution >= 0.6 is 0 Å². The van der Waals surface area contributed by atoms with Gasteiger partial charge in [-0.2, -0.15) is 0 Å². The SMILES string of the molecule is CCCCCC/C=C\C/C=C\CCCCCCCC(=O)NC(CO)C(O)/C=C/CC/C=C/CCCCCCCCCCC. The van der Waals surface area contributed by atoms with Crippen LogP contribution in [0.1, 0.15) is 174 Å². The summed E-state index contributed by atoms with van der Waals surface area (Å²) < 4.78 is 0. The number of hydrogen-bond acceptors (Lipinski definition) is 3. The molecule has 0 radical (unpaired) electrons. The van der Waals surface area contributed by atoms with Crippen LogP contribution in [0.4, 0.5) is 0 Å². The number of rotatable bonds is 32. The van der Waals surface area contributed by atoms with Gasteiger partial charge in [-0.05, 0) is 64.2 Å². The number of amides is 1. The van der Waals surface area contributed by atoms with Crippen molar-refractivity contribution >= 4 is 5.91 Å². The first-order valence-corrected chi connectivity index (χ1v) is 18.4. The molecule has 0 rings (SSSR count). The summed E-state index contributed by atoms with van der Waals surface area (Å²) in [6.45, 7) is 4.25. The van der Waals surface area contributed by atoms with Gasteiger partial charge in [0.2, 0.25) is 5.91 Å². The third kappa shape index (κ3) is 31.6. The maximum absolute atomic E-state index is 12.3. The van der Waals surface area contributed by atoms with Gasteiger partial charge in [0.25, 0.3) is 0 Å². The van der Waals surface area contributed by atoms with Crippen LogP contribution in [0.25, 0.3) is 0 Å². The highest BCUT2D eigenvalue weighted by Crippen LogP contribution is 2.12. The van der Waals surface area contributed by atoms with E-state index in [0.717, 1.165) is 51.4 Å². The molecule has 0 aromatic heterocycles. The van der Waals surface area contributed by atoms with E-state index in [1.54, 1.807) is 6.08 Å². The standard InChI is InChI=1S/C39H71NO3/c1-3-5-7-9-11-13-15-17-19-21-23-25-27-29-31-33-35-39(43)40-37(36-41)38(42)34-32-30-28-26-24-22-20-18-16-14-12-10-8-6-4-2/h13,15,19,21,24,26,32,34,37-38,41-42H,3-12,14,16-18,20,22-23,25,27-31,33,35-36H2,1-2H3,(H,40,43)/b15-13-,21-19-,26-24+,34-32+. The number of hydrogen-bond donors (Lipinski definition) is 3. The molecular weight excluding hydrogens is 530 g/mol. The van der Waals surface area contributed by atoms with E-state index in [0.29, 0.717) is 6.42 Å². The Morgan fingerprint density at radius 2 is 0.977 bits per heavy atom. The van der Waals surface area contributed by atoms with Gasteiger partial charge < -0.3 is 15.5 Å². The summed E-state index contributed by atoms with van der Waals surface area (Å²) in [6, 6.07) is -0.645. The maximum atomic E-state index is 12.3. The second-order valence-corrected chi connectivity index (χ2v) is 12.3. The molecule has 4 heteroatoms. The molecule has 2 atom stereocenters. The zero-order valence-electron chi connectivity index (χ0n) is 28.5. The summed E-state index contributed by atoms with van der Waals surface area (Å²) in [5.74, 6) is -0.0905. The molecule has 43 heavy (non-hydrogen) atoms. The molecule has 0 aromatic rings. The summed E-state index contributed by atoms with van der Waals surface area (Å²) in [4.78, 5) is 12.3. The van der Waals surface area contributed by atoms with Crippen LogP contribution in [0.2, 0.25) is 0 Å². The molecular formula is C39H71NO3. The van der Waals surface area contributed by atoms with Gasteiger partial charge in [0.1, 0.15) is 0 Å². The van der Waals surface area contributed by atoms with Crippen LogP contribution in [0.15, 0.2) is 48.6 Å². The fourth-order valence-corrected chi connectivity index (χ4v) is 5.16. The molecule has 0 heterocycles. The third-order valence-corrected chi connectivity index (χ3v) is 8.03. The number of allylic oxidation sites excluding steroid dienone is 7. The van der Waals surface area contributed by atoms with Crippen molar-refractivity contribution in [2.75, 3.05) is 6.61 Å². The summed E-state index contributed by atoms with van der Waals surface area (Å²) in [6.07, 6.45) is 46.2. The normalized spacial score (nSPS) is 13.7. The minimum absolute atomic E-state index is 0.0905. The van der Waals surface area contributed by atoms with E-state index in [1.165, 1.54) is 103 Å². The smallest absolute Gasteiger partial charge is 0.220 e. The Balaban J connectivity index is 3.72. The first-order valence-electron chi connectivity index (χ1n) is 18.4. The zero-order valence-corrected chi connectivity index (χ0v) is 28.5. The Bertz CT molecular complexity index is 697. The first kappa shape index (κ1) is 41.4. The second kappa shape index (κ2) is 34.8. The highest BCUT2D eigenvalue weighted by Gasteiger charge is 2.17. The molecule has 0 saturated carbocycles. The van der Waals surface area contributed by atoms with E-state index < -0.39 is 12.1 Å². The Morgan fingerprint density at radius 1 is 0.558 bits per heavy atom. The Morgan fingerprint density at radius 3 is 1.51 bits per heavy atom. The molecule has 1 amide bonds. The van der Waals surface area contributed by atoms with Gasteiger partial charge in [0, 0.05) is 6.42 Å². The summed E-state index contributed by atoms with van der Waals surface area (Å²) in [5, 5.41) is 22.8. The Labute approximate surface area is 267 Å². The lowest BCUT2D eigenvalue weighted by atomic mass is 10.1. The van der Waals surface area contributed by atoms with Crippen LogP contribution in [-0.4, -0.2) is 34.9 Å². The van der Waals surface area contributed by atoms with E-state index in [4.69, 9.17) is 0 Å². The van der Waals surface area contributed by atoms with Gasteiger partial charge in [0.05, 0.1) is 18.8 Å². The number of nitrogens with one attached hydrogen (secondary N) is 1. The molecule has 0 saturated heterocycles. The summed E-state index contributed by atoms with van der Waals surface area (Å²) in [7, 11) is 0. The van der Waals surface area contributed by atoms with Gasteiger partial charge in [0.15, 0.2) is 0 Å². The van der Waals surface area contributed by atoms with Crippen molar-refractivity contribution in [1.29, 1.82) is 0 Å². The summed E-state index contributed by atoms with van der Waals surface area (Å²) >= 11 is 0. The number of aliphatic hydroxyl groups excluding tert-OH is 2. The fraction of sp³-hybridized carbons (Fsp3) is 0.769. The van der Waals surface area contributed by atoms with E-state index in [-0.39, 0.29) is 12.5 Å². The lowest BCUT2D eigenvalue weighted by Gasteiger charge is -2.19. The van der Waals surface area contributed by atoms with Crippen LogP contribution in [-0.2, 0) is 4.79 Å². The van der Waals surface area contributed by atoms with Crippen molar-refractivity contribution in [1.82, 2.24) is 5.32 Å². The van der Waals surface area contributed by atoms with Crippen molar-refractivity contribution in [3.05, 3.63) is 48.6 Å². The van der Waals surface area contributed by atoms with Gasteiger partial charge in [-0.3, -0.25) is 4.79 Å². The van der Waals surface area contributed by atoms with Crippen molar-refractivity contribution < 1.29 is 15.0 Å². The quantitative estimate of drug-likeness (QED) is 0.0530. The molecule has 0 aliphatic rings. The molecule has 3 N–H and O–H groups in total. The molecule has 0 fully saturated rings. The van der Waals surface area contributed by atoms with Crippen LogP contribution < -0.4 is 5.32 Å². The summed E-state index contributed by atoms with van der Waals surface area (Å²) in [5.41, 5.74) is 0. The predicted molar refractivity (Wildman–Crippen MR) is 188 cm³/mol. The fourth-order valence-electron chi connectivity index (χ4n) is 5.16. The molecule has 0 aliphatic carbocycles. The van der Waals surface area contributed by atoms with Crippen molar-refractivity contribution in [3.63, 3.8) is 0 Å². The topological polar surface area (TPSA) is 69.6 Å². The lowest BCUT2D eigenvalue weighted by molar-refractivity contribution is -0.123. The molecule has 250 valence electrons.